The predicted octanol–water partition coefficient (Wildman–Crippen LogP) is 3.09. The third-order valence-corrected chi connectivity index (χ3v) is 5.06. The first kappa shape index (κ1) is 19.3. The second-order valence-electron chi connectivity index (χ2n) is 6.75. The van der Waals surface area contributed by atoms with Crippen molar-refractivity contribution in [2.24, 2.45) is 4.99 Å². The highest BCUT2D eigenvalue weighted by Gasteiger charge is 2.34. The van der Waals surface area contributed by atoms with Gasteiger partial charge in [0.05, 0.1) is 13.4 Å². The molecule has 6 heteroatoms. The van der Waals surface area contributed by atoms with Crippen LogP contribution in [0.5, 0.6) is 5.75 Å². The first-order valence-corrected chi connectivity index (χ1v) is 9.52. The van der Waals surface area contributed by atoms with E-state index in [1.165, 1.54) is 5.56 Å². The molecule has 1 saturated heterocycles. The molecule has 3 rings (SSSR count). The van der Waals surface area contributed by atoms with Gasteiger partial charge in [-0.05, 0) is 49.6 Å². The number of hydrogen-bond acceptors (Lipinski definition) is 4. The summed E-state index contributed by atoms with van der Waals surface area (Å²) in [7, 11) is 1.69. The van der Waals surface area contributed by atoms with Crippen LogP contribution >= 0.6 is 0 Å². The maximum absolute atomic E-state index is 5.63. The number of ether oxygens (including phenoxy) is 2. The Morgan fingerprint density at radius 2 is 1.93 bits per heavy atom. The third-order valence-electron chi connectivity index (χ3n) is 5.06. The molecule has 2 aromatic rings. The van der Waals surface area contributed by atoms with E-state index >= 15 is 0 Å². The van der Waals surface area contributed by atoms with E-state index in [1.54, 1.807) is 13.4 Å². The Bertz CT molecular complexity index is 705. The van der Waals surface area contributed by atoms with Crippen LogP contribution in [0.1, 0.15) is 31.1 Å². The molecule has 0 spiro atoms. The van der Waals surface area contributed by atoms with Crippen LogP contribution in [0.3, 0.4) is 0 Å². The van der Waals surface area contributed by atoms with Crippen molar-refractivity contribution in [1.82, 2.24) is 10.6 Å². The molecule has 0 bridgehead atoms. The lowest BCUT2D eigenvalue weighted by Crippen LogP contribution is -2.48. The summed E-state index contributed by atoms with van der Waals surface area (Å²) in [5.41, 5.74) is 1.33. The first-order chi connectivity index (χ1) is 13.3. The molecule has 2 heterocycles. The van der Waals surface area contributed by atoms with Crippen molar-refractivity contribution in [3.8, 4) is 5.75 Å². The van der Waals surface area contributed by atoms with Gasteiger partial charge in [-0.1, -0.05) is 12.1 Å². The Balaban J connectivity index is 1.73. The minimum Gasteiger partial charge on any atom is -0.497 e. The van der Waals surface area contributed by atoms with E-state index in [4.69, 9.17) is 13.9 Å². The molecular formula is C21H29N3O3. The van der Waals surface area contributed by atoms with Gasteiger partial charge in [0, 0.05) is 31.7 Å². The van der Waals surface area contributed by atoms with Gasteiger partial charge in [0.25, 0.3) is 0 Å². The summed E-state index contributed by atoms with van der Waals surface area (Å²) < 4.78 is 16.3. The maximum atomic E-state index is 5.63. The zero-order valence-electron chi connectivity index (χ0n) is 16.2. The first-order valence-electron chi connectivity index (χ1n) is 9.52. The third kappa shape index (κ3) is 5.04. The smallest absolute Gasteiger partial charge is 0.191 e. The van der Waals surface area contributed by atoms with E-state index in [-0.39, 0.29) is 5.41 Å². The van der Waals surface area contributed by atoms with E-state index in [2.05, 4.69) is 34.7 Å². The number of furan rings is 1. The number of aliphatic imine (C=N–C) groups is 1. The van der Waals surface area contributed by atoms with Gasteiger partial charge in [-0.25, -0.2) is 4.99 Å². The Labute approximate surface area is 161 Å². The number of rotatable bonds is 7. The summed E-state index contributed by atoms with van der Waals surface area (Å²) in [5, 5.41) is 6.85. The van der Waals surface area contributed by atoms with E-state index in [0.29, 0.717) is 6.54 Å². The summed E-state index contributed by atoms with van der Waals surface area (Å²) in [5.74, 6) is 2.53. The summed E-state index contributed by atoms with van der Waals surface area (Å²) in [6, 6.07) is 12.2. The Kier molecular flexibility index (Phi) is 6.76. The van der Waals surface area contributed by atoms with Crippen LogP contribution in [0, 0.1) is 0 Å². The van der Waals surface area contributed by atoms with E-state index < -0.39 is 0 Å². The predicted molar refractivity (Wildman–Crippen MR) is 106 cm³/mol. The lowest BCUT2D eigenvalue weighted by molar-refractivity contribution is 0.0513. The fraction of sp³-hybridized carbons (Fsp3) is 0.476. The van der Waals surface area contributed by atoms with Gasteiger partial charge in [-0.15, -0.1) is 0 Å². The van der Waals surface area contributed by atoms with Crippen LogP contribution in [0.4, 0.5) is 0 Å². The summed E-state index contributed by atoms with van der Waals surface area (Å²) >= 11 is 0. The van der Waals surface area contributed by atoms with Crippen LogP contribution in [-0.2, 0) is 16.7 Å². The Morgan fingerprint density at radius 3 is 2.56 bits per heavy atom. The van der Waals surface area contributed by atoms with Crippen molar-refractivity contribution in [3.63, 3.8) is 0 Å². The summed E-state index contributed by atoms with van der Waals surface area (Å²) in [4.78, 5) is 4.64. The number of methoxy groups -OCH3 is 1. The van der Waals surface area contributed by atoms with Crippen molar-refractivity contribution in [1.29, 1.82) is 0 Å². The second-order valence-corrected chi connectivity index (χ2v) is 6.75. The minimum absolute atomic E-state index is 0.0192. The minimum atomic E-state index is 0.0192. The van der Waals surface area contributed by atoms with Crippen molar-refractivity contribution < 1.29 is 13.9 Å². The Morgan fingerprint density at radius 1 is 1.15 bits per heavy atom. The molecule has 1 aromatic carbocycles. The van der Waals surface area contributed by atoms with Gasteiger partial charge in [0.15, 0.2) is 5.96 Å². The molecule has 1 aromatic heterocycles. The van der Waals surface area contributed by atoms with Crippen LogP contribution in [-0.4, -0.2) is 39.4 Å². The average Bonchev–Trinajstić information content (AvgIpc) is 3.24. The van der Waals surface area contributed by atoms with Crippen molar-refractivity contribution in [3.05, 3.63) is 54.0 Å². The average molecular weight is 371 g/mol. The quantitative estimate of drug-likeness (QED) is 0.578. The molecule has 1 aliphatic rings. The van der Waals surface area contributed by atoms with Crippen molar-refractivity contribution in [2.75, 3.05) is 33.4 Å². The number of guanidine groups is 1. The van der Waals surface area contributed by atoms with Gasteiger partial charge < -0.3 is 24.5 Å². The number of nitrogens with one attached hydrogen (secondary N) is 2. The van der Waals surface area contributed by atoms with Gasteiger partial charge in [0.2, 0.25) is 0 Å². The van der Waals surface area contributed by atoms with E-state index in [0.717, 1.165) is 56.6 Å². The lowest BCUT2D eigenvalue weighted by atomic mass is 9.74. The standard InChI is InChI=1S/C21H29N3O3/c1-3-22-20(23-15-19-5-4-12-27-19)24-16-21(10-13-26-14-11-21)17-6-8-18(25-2)9-7-17/h4-9,12H,3,10-11,13-16H2,1-2H3,(H2,22,23,24). The molecule has 1 fully saturated rings. The SMILES string of the molecule is CCNC(=NCc1ccco1)NCC1(c2ccc(OC)cc2)CCOCC1. The molecule has 0 atom stereocenters. The molecule has 0 unspecified atom stereocenters. The largest absolute Gasteiger partial charge is 0.497 e. The molecule has 6 nitrogen and oxygen atoms in total. The highest BCUT2D eigenvalue weighted by atomic mass is 16.5. The van der Waals surface area contributed by atoms with Crippen LogP contribution in [0.25, 0.3) is 0 Å². The molecular weight excluding hydrogens is 342 g/mol. The van der Waals surface area contributed by atoms with Crippen LogP contribution in [0.2, 0.25) is 0 Å². The maximum Gasteiger partial charge on any atom is 0.191 e. The molecule has 0 aliphatic carbocycles. The highest BCUT2D eigenvalue weighted by Crippen LogP contribution is 2.35. The van der Waals surface area contributed by atoms with Gasteiger partial charge >= 0.3 is 0 Å². The normalized spacial score (nSPS) is 16.7. The fourth-order valence-corrected chi connectivity index (χ4v) is 3.43. The fourth-order valence-electron chi connectivity index (χ4n) is 3.43. The number of hydrogen-bond donors (Lipinski definition) is 2. The molecule has 0 saturated carbocycles. The molecule has 146 valence electrons. The van der Waals surface area contributed by atoms with Crippen molar-refractivity contribution >= 4 is 5.96 Å². The van der Waals surface area contributed by atoms with Gasteiger partial charge in [-0.3, -0.25) is 0 Å². The van der Waals surface area contributed by atoms with E-state index in [9.17, 15) is 0 Å². The second kappa shape index (κ2) is 9.46. The topological polar surface area (TPSA) is 68.0 Å². The van der Waals surface area contributed by atoms with Crippen LogP contribution < -0.4 is 15.4 Å². The number of benzene rings is 1. The summed E-state index contributed by atoms with van der Waals surface area (Å²) in [6.45, 7) is 5.73. The molecule has 27 heavy (non-hydrogen) atoms. The Hall–Kier alpha value is -2.47. The molecule has 2 N–H and O–H groups in total. The van der Waals surface area contributed by atoms with Gasteiger partial charge in [0.1, 0.15) is 18.1 Å². The van der Waals surface area contributed by atoms with Crippen LogP contribution in [0.15, 0.2) is 52.1 Å². The monoisotopic (exact) mass is 371 g/mol. The lowest BCUT2D eigenvalue weighted by Gasteiger charge is -2.38. The molecule has 1 aliphatic heterocycles. The van der Waals surface area contributed by atoms with Crippen molar-refractivity contribution in [2.45, 2.75) is 31.7 Å². The number of nitrogens with zero attached hydrogens (tertiary/aromatic N) is 1. The van der Waals surface area contributed by atoms with E-state index in [1.807, 2.05) is 24.3 Å². The summed E-state index contributed by atoms with van der Waals surface area (Å²) in [6.07, 6.45) is 3.62. The highest BCUT2D eigenvalue weighted by molar-refractivity contribution is 5.79. The van der Waals surface area contributed by atoms with Gasteiger partial charge in [-0.2, -0.15) is 0 Å². The zero-order valence-corrected chi connectivity index (χ0v) is 16.2. The molecule has 0 radical (unpaired) electrons. The molecule has 0 amide bonds. The zero-order chi connectivity index (χ0) is 19.0.